The van der Waals surface area contributed by atoms with Crippen molar-refractivity contribution in [2.45, 2.75) is 20.4 Å². The summed E-state index contributed by atoms with van der Waals surface area (Å²) in [5.41, 5.74) is 3.36. The fourth-order valence-electron chi connectivity index (χ4n) is 3.36. The zero-order chi connectivity index (χ0) is 22.6. The van der Waals surface area contributed by atoms with Gasteiger partial charge in [0, 0.05) is 30.2 Å². The first-order valence-electron chi connectivity index (χ1n) is 10.7. The largest absolute Gasteiger partial charge is 0.457 e. The van der Waals surface area contributed by atoms with E-state index < -0.39 is 0 Å². The predicted octanol–water partition coefficient (Wildman–Crippen LogP) is 6.89. The molecule has 0 bridgehead atoms. The fourth-order valence-corrected chi connectivity index (χ4v) is 3.36. The second-order valence-corrected chi connectivity index (χ2v) is 7.02. The van der Waals surface area contributed by atoms with Crippen molar-refractivity contribution in [3.63, 3.8) is 0 Å². The maximum absolute atomic E-state index is 5.79. The molecule has 1 heterocycles. The molecule has 2 aromatic rings. The third kappa shape index (κ3) is 6.59. The maximum Gasteiger partial charge on any atom is 0.126 e. The van der Waals surface area contributed by atoms with Crippen LogP contribution in [0.4, 0.5) is 0 Å². The lowest BCUT2D eigenvalue weighted by molar-refractivity contribution is 0.292. The molecule has 0 aliphatic rings. The van der Waals surface area contributed by atoms with Crippen LogP contribution in [0.15, 0.2) is 111 Å². The Morgan fingerprint density at radius 1 is 0.935 bits per heavy atom. The van der Waals surface area contributed by atoms with E-state index in [2.05, 4.69) is 80.1 Å². The van der Waals surface area contributed by atoms with Gasteiger partial charge in [-0.1, -0.05) is 64.5 Å². The van der Waals surface area contributed by atoms with Crippen LogP contribution in [0.3, 0.4) is 0 Å². The number of benzene rings is 1. The minimum atomic E-state index is 0.613. The Hall–Kier alpha value is -3.30. The summed E-state index contributed by atoms with van der Waals surface area (Å²) in [6, 6.07) is 8.69. The molecule has 0 radical (unpaired) electrons. The van der Waals surface area contributed by atoms with Crippen molar-refractivity contribution >= 4 is 16.5 Å². The van der Waals surface area contributed by atoms with Gasteiger partial charge in [0.05, 0.1) is 0 Å². The van der Waals surface area contributed by atoms with Crippen molar-refractivity contribution in [2.24, 2.45) is 0 Å². The first-order valence-corrected chi connectivity index (χ1v) is 10.7. The lowest BCUT2D eigenvalue weighted by Crippen LogP contribution is -2.26. The number of allylic oxidation sites excluding steroid dienone is 8. The number of aromatic nitrogens is 1. The van der Waals surface area contributed by atoms with E-state index in [4.69, 9.17) is 4.74 Å². The number of nitrogens with zero attached hydrogens (tertiary/aromatic N) is 2. The van der Waals surface area contributed by atoms with E-state index in [1.807, 2.05) is 18.2 Å². The standard InChI is InChI=1S/C28H34N2O/c1-7-13-26(9-3)31-27(10-4)16-14-23(8-2)24-15-17-28-25(22-24)18-19-30(28)21-20-29(11-5)12-6/h7-10,13-19,22H,1-4,11-12,20-21H2,5-6H3/b23-14+,26-13+,27-16+. The predicted molar refractivity (Wildman–Crippen MR) is 136 cm³/mol. The van der Waals surface area contributed by atoms with Gasteiger partial charge in [0.25, 0.3) is 0 Å². The van der Waals surface area contributed by atoms with Crippen molar-refractivity contribution in [3.05, 3.63) is 116 Å². The summed E-state index contributed by atoms with van der Waals surface area (Å²) in [5.74, 6) is 1.23. The number of likely N-dealkylation sites (N-methyl/N-ethyl adjacent to an activating group) is 1. The molecule has 31 heavy (non-hydrogen) atoms. The topological polar surface area (TPSA) is 17.4 Å². The zero-order valence-electron chi connectivity index (χ0n) is 18.9. The van der Waals surface area contributed by atoms with Crippen molar-refractivity contribution in [1.29, 1.82) is 0 Å². The number of rotatable bonds is 13. The fraction of sp³-hybridized carbons (Fsp3) is 0.214. The van der Waals surface area contributed by atoms with E-state index in [-0.39, 0.29) is 0 Å². The molecular weight excluding hydrogens is 380 g/mol. The van der Waals surface area contributed by atoms with Crippen LogP contribution in [-0.2, 0) is 11.3 Å². The normalized spacial score (nSPS) is 12.8. The van der Waals surface area contributed by atoms with Gasteiger partial charge in [-0.25, -0.2) is 0 Å². The quantitative estimate of drug-likeness (QED) is 0.262. The highest BCUT2D eigenvalue weighted by molar-refractivity contribution is 5.86. The molecule has 0 saturated heterocycles. The van der Waals surface area contributed by atoms with E-state index >= 15 is 0 Å². The van der Waals surface area contributed by atoms with E-state index in [0.29, 0.717) is 11.5 Å². The minimum absolute atomic E-state index is 0.613. The third-order valence-electron chi connectivity index (χ3n) is 5.22. The smallest absolute Gasteiger partial charge is 0.126 e. The lowest BCUT2D eigenvalue weighted by Gasteiger charge is -2.18. The first kappa shape index (κ1) is 24.0. The summed E-state index contributed by atoms with van der Waals surface area (Å²) in [6.07, 6.45) is 14.6. The Labute approximate surface area is 187 Å². The summed E-state index contributed by atoms with van der Waals surface area (Å²) in [4.78, 5) is 2.44. The van der Waals surface area contributed by atoms with Gasteiger partial charge in [-0.15, -0.1) is 0 Å². The molecule has 0 spiro atoms. The van der Waals surface area contributed by atoms with E-state index in [1.54, 1.807) is 24.3 Å². The molecule has 3 heteroatoms. The minimum Gasteiger partial charge on any atom is -0.457 e. The molecule has 0 amide bonds. The van der Waals surface area contributed by atoms with Gasteiger partial charge in [-0.05, 0) is 66.7 Å². The number of hydrogen-bond acceptors (Lipinski definition) is 2. The van der Waals surface area contributed by atoms with Crippen LogP contribution in [0, 0.1) is 0 Å². The highest BCUT2D eigenvalue weighted by atomic mass is 16.5. The summed E-state index contributed by atoms with van der Waals surface area (Å²) < 4.78 is 8.11. The molecule has 0 fully saturated rings. The van der Waals surface area contributed by atoms with Crippen molar-refractivity contribution in [2.75, 3.05) is 19.6 Å². The van der Waals surface area contributed by atoms with Gasteiger partial charge >= 0.3 is 0 Å². The van der Waals surface area contributed by atoms with Crippen LogP contribution < -0.4 is 0 Å². The van der Waals surface area contributed by atoms with Crippen LogP contribution in [0.2, 0.25) is 0 Å². The average Bonchev–Trinajstić information content (AvgIpc) is 3.21. The number of ether oxygens (including phenoxy) is 1. The van der Waals surface area contributed by atoms with Crippen molar-refractivity contribution in [3.8, 4) is 0 Å². The lowest BCUT2D eigenvalue weighted by atomic mass is 10.0. The first-order chi connectivity index (χ1) is 15.1. The Balaban J connectivity index is 2.26. The summed E-state index contributed by atoms with van der Waals surface area (Å²) in [5, 5.41) is 1.22. The van der Waals surface area contributed by atoms with Crippen molar-refractivity contribution in [1.82, 2.24) is 9.47 Å². The van der Waals surface area contributed by atoms with Crippen LogP contribution >= 0.6 is 0 Å². The highest BCUT2D eigenvalue weighted by Crippen LogP contribution is 2.24. The van der Waals surface area contributed by atoms with E-state index in [1.165, 1.54) is 10.9 Å². The second kappa shape index (κ2) is 12.4. The molecule has 1 aromatic heterocycles. The Morgan fingerprint density at radius 2 is 1.65 bits per heavy atom. The summed E-state index contributed by atoms with van der Waals surface area (Å²) >= 11 is 0. The Kier molecular flexibility index (Phi) is 9.60. The van der Waals surface area contributed by atoms with Crippen molar-refractivity contribution < 1.29 is 4.74 Å². The van der Waals surface area contributed by atoms with Gasteiger partial charge in [0.15, 0.2) is 0 Å². The molecule has 0 atom stereocenters. The zero-order valence-corrected chi connectivity index (χ0v) is 18.9. The van der Waals surface area contributed by atoms with E-state index in [9.17, 15) is 0 Å². The Morgan fingerprint density at radius 3 is 2.26 bits per heavy atom. The van der Waals surface area contributed by atoms with Crippen LogP contribution in [0.25, 0.3) is 16.5 Å². The summed E-state index contributed by atoms with van der Waals surface area (Å²) in [7, 11) is 0. The van der Waals surface area contributed by atoms with Gasteiger partial charge in [-0.2, -0.15) is 0 Å². The summed E-state index contributed by atoms with van der Waals surface area (Å²) in [6.45, 7) is 23.9. The molecule has 0 aliphatic heterocycles. The molecule has 0 saturated carbocycles. The number of hydrogen-bond donors (Lipinski definition) is 0. The molecule has 162 valence electrons. The SMILES string of the molecule is C=C/C=C(\C=C)O/C(C=C)=C/C=C(\C=C)c1ccc2c(ccn2CCN(CC)CC)c1. The van der Waals surface area contributed by atoms with Gasteiger partial charge in [0.1, 0.15) is 11.5 Å². The molecular formula is C28H34N2O. The maximum atomic E-state index is 5.79. The molecule has 0 aliphatic carbocycles. The highest BCUT2D eigenvalue weighted by Gasteiger charge is 2.06. The second-order valence-electron chi connectivity index (χ2n) is 7.02. The van der Waals surface area contributed by atoms with Gasteiger partial charge < -0.3 is 14.2 Å². The Bertz CT molecular complexity index is 1010. The molecule has 0 N–H and O–H groups in total. The molecule has 2 rings (SSSR count). The van der Waals surface area contributed by atoms with Gasteiger partial charge in [0.2, 0.25) is 0 Å². The number of fused-ring (bicyclic) bond motifs is 1. The van der Waals surface area contributed by atoms with Crippen LogP contribution in [0.5, 0.6) is 0 Å². The monoisotopic (exact) mass is 414 g/mol. The molecule has 3 nitrogen and oxygen atoms in total. The van der Waals surface area contributed by atoms with Crippen LogP contribution in [0.1, 0.15) is 19.4 Å². The third-order valence-corrected chi connectivity index (χ3v) is 5.22. The molecule has 0 unspecified atom stereocenters. The van der Waals surface area contributed by atoms with E-state index in [0.717, 1.165) is 37.3 Å². The average molecular weight is 415 g/mol. The van der Waals surface area contributed by atoms with Crippen LogP contribution in [-0.4, -0.2) is 29.1 Å². The molecule has 1 aromatic carbocycles. The van der Waals surface area contributed by atoms with Gasteiger partial charge in [-0.3, -0.25) is 0 Å².